The van der Waals surface area contributed by atoms with Gasteiger partial charge in [-0.1, -0.05) is 13.8 Å². The van der Waals surface area contributed by atoms with Crippen molar-refractivity contribution in [3.05, 3.63) is 18.0 Å². The molecule has 2 unspecified atom stereocenters. The minimum absolute atomic E-state index is 0.0623. The van der Waals surface area contributed by atoms with Gasteiger partial charge >= 0.3 is 0 Å². The van der Waals surface area contributed by atoms with E-state index in [0.29, 0.717) is 6.54 Å². The van der Waals surface area contributed by atoms with Gasteiger partial charge in [0.15, 0.2) is 0 Å². The third-order valence-corrected chi connectivity index (χ3v) is 3.23. The predicted molar refractivity (Wildman–Crippen MR) is 73.2 cm³/mol. The zero-order valence-electron chi connectivity index (χ0n) is 11.7. The number of aryl methyl sites for hydroxylation is 1. The third-order valence-electron chi connectivity index (χ3n) is 3.23. The molecule has 0 aliphatic carbocycles. The van der Waals surface area contributed by atoms with Gasteiger partial charge in [0.25, 0.3) is 0 Å². The first-order valence-electron chi connectivity index (χ1n) is 6.73. The summed E-state index contributed by atoms with van der Waals surface area (Å²) in [5.74, 6) is 0. The van der Waals surface area contributed by atoms with Crippen molar-refractivity contribution < 1.29 is 5.11 Å². The van der Waals surface area contributed by atoms with Crippen molar-refractivity contribution >= 4 is 0 Å². The van der Waals surface area contributed by atoms with Crippen LogP contribution in [0.4, 0.5) is 0 Å². The lowest BCUT2D eigenvalue weighted by Crippen LogP contribution is -2.42. The Morgan fingerprint density at radius 3 is 2.61 bits per heavy atom. The van der Waals surface area contributed by atoms with Crippen LogP contribution < -0.4 is 5.73 Å². The molecule has 1 rings (SSSR count). The van der Waals surface area contributed by atoms with E-state index < -0.39 is 0 Å². The Labute approximate surface area is 110 Å². The third kappa shape index (κ3) is 3.80. The number of aromatic nitrogens is 2. The first-order valence-corrected chi connectivity index (χ1v) is 6.73. The van der Waals surface area contributed by atoms with E-state index in [4.69, 9.17) is 5.73 Å². The molecule has 0 spiro atoms. The van der Waals surface area contributed by atoms with Crippen molar-refractivity contribution in [1.29, 1.82) is 0 Å². The lowest BCUT2D eigenvalue weighted by atomic mass is 9.99. The topological polar surface area (TPSA) is 67.3 Å². The molecule has 0 fully saturated rings. The Kier molecular flexibility index (Phi) is 6.32. The number of hydrogen-bond acceptors (Lipinski definition) is 4. The van der Waals surface area contributed by atoms with Crippen LogP contribution in [0.15, 0.2) is 12.4 Å². The Morgan fingerprint density at radius 2 is 2.17 bits per heavy atom. The van der Waals surface area contributed by atoms with Gasteiger partial charge in [-0.2, -0.15) is 5.10 Å². The van der Waals surface area contributed by atoms with Gasteiger partial charge in [-0.3, -0.25) is 9.58 Å². The van der Waals surface area contributed by atoms with E-state index in [1.807, 2.05) is 19.4 Å². The molecule has 0 saturated heterocycles. The molecule has 5 heteroatoms. The van der Waals surface area contributed by atoms with Gasteiger partial charge in [-0.15, -0.1) is 0 Å². The minimum Gasteiger partial charge on any atom is -0.395 e. The van der Waals surface area contributed by atoms with Crippen molar-refractivity contribution in [1.82, 2.24) is 14.7 Å². The van der Waals surface area contributed by atoms with E-state index in [2.05, 4.69) is 23.8 Å². The average Bonchev–Trinajstić information content (AvgIpc) is 2.76. The number of nitrogens with zero attached hydrogens (tertiary/aromatic N) is 3. The smallest absolute Gasteiger partial charge is 0.0558 e. The van der Waals surface area contributed by atoms with Crippen molar-refractivity contribution in [2.24, 2.45) is 12.8 Å². The fourth-order valence-corrected chi connectivity index (χ4v) is 2.35. The molecule has 1 aromatic rings. The molecule has 18 heavy (non-hydrogen) atoms. The zero-order chi connectivity index (χ0) is 13.5. The number of nitrogens with two attached hydrogens (primary N) is 1. The highest BCUT2D eigenvalue weighted by molar-refractivity contribution is 5.13. The van der Waals surface area contributed by atoms with Gasteiger partial charge in [-0.25, -0.2) is 0 Å². The van der Waals surface area contributed by atoms with Gasteiger partial charge in [0.1, 0.15) is 0 Å². The first-order chi connectivity index (χ1) is 8.63. The minimum atomic E-state index is 0.0623. The van der Waals surface area contributed by atoms with E-state index in [1.165, 1.54) is 0 Å². The molecule has 0 saturated carbocycles. The highest BCUT2D eigenvalue weighted by Gasteiger charge is 2.25. The average molecular weight is 254 g/mol. The second kappa shape index (κ2) is 7.51. The largest absolute Gasteiger partial charge is 0.395 e. The molecule has 0 aliphatic heterocycles. The highest BCUT2D eigenvalue weighted by Crippen LogP contribution is 2.24. The summed E-state index contributed by atoms with van der Waals surface area (Å²) < 4.78 is 1.80. The maximum atomic E-state index is 9.22. The molecule has 1 heterocycles. The Hall–Kier alpha value is -0.910. The van der Waals surface area contributed by atoms with E-state index in [1.54, 1.807) is 4.68 Å². The molecule has 1 aromatic heterocycles. The van der Waals surface area contributed by atoms with E-state index in [0.717, 1.165) is 24.9 Å². The summed E-state index contributed by atoms with van der Waals surface area (Å²) in [6, 6.07) is 0.197. The maximum absolute atomic E-state index is 9.22. The zero-order valence-corrected chi connectivity index (χ0v) is 11.7. The van der Waals surface area contributed by atoms with Gasteiger partial charge in [0, 0.05) is 31.4 Å². The SMILES string of the molecule is CCCN(CCO)C(c1cnn(C)c1)C(N)CC. The summed E-state index contributed by atoms with van der Waals surface area (Å²) in [6.45, 7) is 5.99. The fraction of sp³-hybridized carbons (Fsp3) is 0.769. The van der Waals surface area contributed by atoms with Crippen LogP contribution in [0.3, 0.4) is 0 Å². The molecule has 3 N–H and O–H groups in total. The lowest BCUT2D eigenvalue weighted by molar-refractivity contribution is 0.132. The van der Waals surface area contributed by atoms with Crippen LogP contribution in [-0.4, -0.2) is 45.5 Å². The van der Waals surface area contributed by atoms with Crippen molar-refractivity contribution in [3.8, 4) is 0 Å². The molecule has 0 aromatic carbocycles. The van der Waals surface area contributed by atoms with Crippen LogP contribution in [0, 0.1) is 0 Å². The van der Waals surface area contributed by atoms with Crippen molar-refractivity contribution in [2.45, 2.75) is 38.8 Å². The summed E-state index contributed by atoms with van der Waals surface area (Å²) in [5, 5.41) is 13.4. The van der Waals surface area contributed by atoms with Gasteiger partial charge in [0.05, 0.1) is 18.8 Å². The van der Waals surface area contributed by atoms with Crippen LogP contribution in [-0.2, 0) is 7.05 Å². The van der Waals surface area contributed by atoms with Gasteiger partial charge < -0.3 is 10.8 Å². The summed E-state index contributed by atoms with van der Waals surface area (Å²) in [5.41, 5.74) is 7.39. The number of hydrogen-bond donors (Lipinski definition) is 2. The number of rotatable bonds is 8. The summed E-state index contributed by atoms with van der Waals surface area (Å²) >= 11 is 0. The number of aliphatic hydroxyl groups is 1. The first kappa shape index (κ1) is 15.1. The lowest BCUT2D eigenvalue weighted by Gasteiger charge is -2.34. The van der Waals surface area contributed by atoms with E-state index in [-0.39, 0.29) is 18.7 Å². The molecule has 5 nitrogen and oxygen atoms in total. The predicted octanol–water partition coefficient (Wildman–Crippen LogP) is 0.903. The van der Waals surface area contributed by atoms with Gasteiger partial charge in [0.2, 0.25) is 0 Å². The molecule has 0 aliphatic rings. The van der Waals surface area contributed by atoms with Crippen LogP contribution >= 0.6 is 0 Å². The Balaban J connectivity index is 2.94. The monoisotopic (exact) mass is 254 g/mol. The van der Waals surface area contributed by atoms with Crippen LogP contribution in [0.2, 0.25) is 0 Å². The van der Waals surface area contributed by atoms with Crippen molar-refractivity contribution in [3.63, 3.8) is 0 Å². The second-order valence-electron chi connectivity index (χ2n) is 4.72. The van der Waals surface area contributed by atoms with Crippen LogP contribution in [0.5, 0.6) is 0 Å². The molecular weight excluding hydrogens is 228 g/mol. The van der Waals surface area contributed by atoms with Gasteiger partial charge in [-0.05, 0) is 19.4 Å². The standard InChI is InChI=1S/C13H26N4O/c1-4-6-17(7-8-18)13(12(14)5-2)11-9-15-16(3)10-11/h9-10,12-13,18H,4-8,14H2,1-3H3. The molecule has 0 radical (unpaired) electrons. The molecule has 0 amide bonds. The van der Waals surface area contributed by atoms with E-state index in [9.17, 15) is 5.11 Å². The Morgan fingerprint density at radius 1 is 1.44 bits per heavy atom. The summed E-state index contributed by atoms with van der Waals surface area (Å²) in [4.78, 5) is 2.26. The Bertz CT molecular complexity index is 333. The molecular formula is C13H26N4O. The van der Waals surface area contributed by atoms with E-state index >= 15 is 0 Å². The summed E-state index contributed by atoms with van der Waals surface area (Å²) in [6.07, 6.45) is 5.85. The fourth-order valence-electron chi connectivity index (χ4n) is 2.35. The maximum Gasteiger partial charge on any atom is 0.0558 e. The van der Waals surface area contributed by atoms with Crippen molar-refractivity contribution in [2.75, 3.05) is 19.7 Å². The second-order valence-corrected chi connectivity index (χ2v) is 4.72. The highest BCUT2D eigenvalue weighted by atomic mass is 16.3. The van der Waals surface area contributed by atoms with Crippen LogP contribution in [0.1, 0.15) is 38.3 Å². The molecule has 2 atom stereocenters. The molecule has 104 valence electrons. The number of aliphatic hydroxyl groups excluding tert-OH is 1. The normalized spacial score (nSPS) is 15.0. The van der Waals surface area contributed by atoms with Crippen LogP contribution in [0.25, 0.3) is 0 Å². The quantitative estimate of drug-likeness (QED) is 0.723. The molecule has 0 bridgehead atoms. The summed E-state index contributed by atoms with van der Waals surface area (Å²) in [7, 11) is 1.91.